The molecule has 2 fully saturated rings. The number of ketones is 1. The van der Waals surface area contributed by atoms with Crippen molar-refractivity contribution < 1.29 is 14.5 Å². The molecule has 0 saturated carbocycles. The number of nitro groups is 1. The molecule has 3 aromatic carbocycles. The number of fused-ring (bicyclic) bond motifs is 4. The van der Waals surface area contributed by atoms with Gasteiger partial charge in [-0.05, 0) is 18.6 Å². The molecule has 1 N–H and O–H groups in total. The van der Waals surface area contributed by atoms with E-state index in [1.807, 2.05) is 55.5 Å². The molecule has 35 heavy (non-hydrogen) atoms. The van der Waals surface area contributed by atoms with Crippen molar-refractivity contribution >= 4 is 34.8 Å². The Balaban J connectivity index is 1.58. The van der Waals surface area contributed by atoms with Gasteiger partial charge in [0.25, 0.3) is 5.69 Å². The molecule has 1 amide bonds. The number of benzene rings is 3. The maximum atomic E-state index is 14.3. The maximum Gasteiger partial charge on any atom is 0.269 e. The van der Waals surface area contributed by atoms with Crippen molar-refractivity contribution in [3.8, 4) is 0 Å². The Morgan fingerprint density at radius 2 is 1.80 bits per heavy atom. The van der Waals surface area contributed by atoms with Crippen LogP contribution in [-0.2, 0) is 10.3 Å². The van der Waals surface area contributed by atoms with Crippen LogP contribution in [0.15, 0.2) is 72.8 Å². The number of thioether (sulfide) groups is 1. The number of non-ortho nitro benzene ring substituents is 1. The lowest BCUT2D eigenvalue weighted by molar-refractivity contribution is -0.384. The van der Waals surface area contributed by atoms with Gasteiger partial charge in [0.15, 0.2) is 5.78 Å². The fourth-order valence-corrected chi connectivity index (χ4v) is 7.45. The van der Waals surface area contributed by atoms with E-state index in [1.165, 1.54) is 12.1 Å². The predicted molar refractivity (Wildman–Crippen MR) is 135 cm³/mol. The average molecular weight is 486 g/mol. The second-order valence-corrected chi connectivity index (χ2v) is 10.4. The van der Waals surface area contributed by atoms with E-state index in [0.717, 1.165) is 28.1 Å². The Hall–Kier alpha value is -3.49. The van der Waals surface area contributed by atoms with E-state index in [9.17, 15) is 19.7 Å². The highest BCUT2D eigenvalue weighted by Crippen LogP contribution is 2.61. The summed E-state index contributed by atoms with van der Waals surface area (Å²) in [6.07, 6.45) is 0. The number of hydrogen-bond acceptors (Lipinski definition) is 6. The zero-order valence-corrected chi connectivity index (χ0v) is 19.8. The highest BCUT2D eigenvalue weighted by atomic mass is 32.2. The summed E-state index contributed by atoms with van der Waals surface area (Å²) in [5.41, 5.74) is 2.89. The van der Waals surface area contributed by atoms with Gasteiger partial charge in [0.05, 0.1) is 10.8 Å². The van der Waals surface area contributed by atoms with Gasteiger partial charge in [-0.1, -0.05) is 60.2 Å². The van der Waals surface area contributed by atoms with Crippen molar-refractivity contribution in [1.29, 1.82) is 0 Å². The molecule has 0 bridgehead atoms. The molecule has 176 valence electrons. The van der Waals surface area contributed by atoms with Gasteiger partial charge in [0.2, 0.25) is 5.91 Å². The van der Waals surface area contributed by atoms with Crippen molar-refractivity contribution in [3.63, 3.8) is 0 Å². The van der Waals surface area contributed by atoms with E-state index in [1.54, 1.807) is 23.9 Å². The first-order chi connectivity index (χ1) is 16.9. The summed E-state index contributed by atoms with van der Waals surface area (Å²) in [5, 5.41) is 14.3. The molecule has 0 aromatic heterocycles. The highest BCUT2D eigenvalue weighted by Gasteiger charge is 2.69. The van der Waals surface area contributed by atoms with Gasteiger partial charge < -0.3 is 5.32 Å². The zero-order valence-electron chi connectivity index (χ0n) is 19.0. The summed E-state index contributed by atoms with van der Waals surface area (Å²) in [6.45, 7) is 1.97. The Labute approximate surface area is 206 Å². The second kappa shape index (κ2) is 8.03. The third kappa shape index (κ3) is 3.10. The molecule has 6 rings (SSSR count). The molecule has 3 aromatic rings. The lowest BCUT2D eigenvalue weighted by Gasteiger charge is -2.36. The van der Waals surface area contributed by atoms with E-state index in [2.05, 4.69) is 10.2 Å². The normalized spacial score (nSPS) is 27.0. The Morgan fingerprint density at radius 1 is 1.09 bits per heavy atom. The van der Waals surface area contributed by atoms with E-state index < -0.39 is 16.4 Å². The molecule has 0 aliphatic carbocycles. The van der Waals surface area contributed by atoms with Gasteiger partial charge in [-0.15, -0.1) is 11.8 Å². The summed E-state index contributed by atoms with van der Waals surface area (Å²) in [4.78, 5) is 41.3. The first-order valence-corrected chi connectivity index (χ1v) is 12.7. The predicted octanol–water partition coefficient (Wildman–Crippen LogP) is 4.72. The number of anilines is 1. The van der Waals surface area contributed by atoms with Crippen molar-refractivity contribution in [2.24, 2.45) is 5.92 Å². The van der Waals surface area contributed by atoms with Crippen molar-refractivity contribution in [2.75, 3.05) is 16.9 Å². The number of nitrogens with one attached hydrogen (secondary N) is 1. The minimum Gasteiger partial charge on any atom is -0.324 e. The standard InChI is InChI=1S/C27H23N3O4S/c1-16-6-8-18(9-7-16)25(31)24-23(17-10-12-19(13-11-17)30(33)34)22-14-35-15-29(22)27(24)20-4-2-3-5-21(20)28-26(27)32/h2-13,22-24H,14-15H2,1H3,(H,28,32)/t22-,23+,24+,27-/m0/s1. The molecule has 4 atom stereocenters. The van der Waals surface area contributed by atoms with Gasteiger partial charge in [-0.25, -0.2) is 0 Å². The van der Waals surface area contributed by atoms with Gasteiger partial charge in [-0.2, -0.15) is 0 Å². The van der Waals surface area contributed by atoms with Crippen LogP contribution in [0.2, 0.25) is 0 Å². The summed E-state index contributed by atoms with van der Waals surface area (Å²) in [7, 11) is 0. The second-order valence-electron chi connectivity index (χ2n) is 9.39. The van der Waals surface area contributed by atoms with Crippen LogP contribution in [0.5, 0.6) is 0 Å². The van der Waals surface area contributed by atoms with Crippen LogP contribution in [0.3, 0.4) is 0 Å². The molecule has 3 aliphatic heterocycles. The van der Waals surface area contributed by atoms with Crippen molar-refractivity contribution in [2.45, 2.75) is 24.4 Å². The SMILES string of the molecule is Cc1ccc(C(=O)[C@H]2[C@H](c3ccc([N+](=O)[O-])cc3)[C@@H]3CSCN3[C@]23C(=O)Nc2ccccc23)cc1. The maximum absolute atomic E-state index is 14.3. The van der Waals surface area contributed by atoms with Crippen LogP contribution in [0.25, 0.3) is 0 Å². The number of aryl methyl sites for hydroxylation is 1. The molecule has 8 heteroatoms. The quantitative estimate of drug-likeness (QED) is 0.327. The lowest BCUT2D eigenvalue weighted by Crippen LogP contribution is -2.52. The molecule has 3 aliphatic rings. The lowest BCUT2D eigenvalue weighted by atomic mass is 9.69. The summed E-state index contributed by atoms with van der Waals surface area (Å²) >= 11 is 1.75. The fourth-order valence-electron chi connectivity index (χ4n) is 6.12. The zero-order chi connectivity index (χ0) is 24.3. The smallest absolute Gasteiger partial charge is 0.269 e. The minimum atomic E-state index is -1.14. The van der Waals surface area contributed by atoms with Gasteiger partial charge in [0, 0.05) is 52.5 Å². The van der Waals surface area contributed by atoms with E-state index in [4.69, 9.17) is 0 Å². The number of rotatable bonds is 4. The molecule has 0 unspecified atom stereocenters. The number of nitro benzene ring substituents is 1. The van der Waals surface area contributed by atoms with Crippen LogP contribution in [-0.4, -0.2) is 39.2 Å². The number of amides is 1. The van der Waals surface area contributed by atoms with E-state index in [-0.39, 0.29) is 29.3 Å². The molecular formula is C27H23N3O4S. The summed E-state index contributed by atoms with van der Waals surface area (Å²) in [5.74, 6) is 0.169. The summed E-state index contributed by atoms with van der Waals surface area (Å²) in [6, 6.07) is 21.5. The molecule has 0 radical (unpaired) electrons. The third-order valence-corrected chi connectivity index (χ3v) is 8.67. The topological polar surface area (TPSA) is 92.5 Å². The third-order valence-electron chi connectivity index (χ3n) is 7.64. The van der Waals surface area contributed by atoms with Crippen LogP contribution in [0.1, 0.15) is 33.0 Å². The molecular weight excluding hydrogens is 462 g/mol. The van der Waals surface area contributed by atoms with Crippen LogP contribution < -0.4 is 5.32 Å². The van der Waals surface area contributed by atoms with Gasteiger partial charge in [-0.3, -0.25) is 24.6 Å². The van der Waals surface area contributed by atoms with Gasteiger partial charge >= 0.3 is 0 Å². The van der Waals surface area contributed by atoms with Crippen molar-refractivity contribution in [3.05, 3.63) is 105 Å². The largest absolute Gasteiger partial charge is 0.324 e. The van der Waals surface area contributed by atoms with Crippen molar-refractivity contribution in [1.82, 2.24) is 4.90 Å². The van der Waals surface area contributed by atoms with Crippen LogP contribution >= 0.6 is 11.8 Å². The van der Waals surface area contributed by atoms with Crippen LogP contribution in [0.4, 0.5) is 11.4 Å². The highest BCUT2D eigenvalue weighted by molar-refractivity contribution is 7.99. The Kier molecular flexibility index (Phi) is 5.05. The Morgan fingerprint density at radius 3 is 2.51 bits per heavy atom. The first kappa shape index (κ1) is 22.0. The minimum absolute atomic E-state index is 0.00415. The van der Waals surface area contributed by atoms with E-state index in [0.29, 0.717) is 11.4 Å². The van der Waals surface area contributed by atoms with Crippen LogP contribution in [0, 0.1) is 23.0 Å². The number of carbonyl (C=O) groups excluding carboxylic acids is 2. The Bertz CT molecular complexity index is 1360. The number of nitrogens with zero attached hydrogens (tertiary/aromatic N) is 2. The number of para-hydroxylation sites is 1. The number of hydrogen-bond donors (Lipinski definition) is 1. The monoisotopic (exact) mass is 485 g/mol. The molecule has 7 nitrogen and oxygen atoms in total. The van der Waals surface area contributed by atoms with E-state index >= 15 is 0 Å². The molecule has 2 saturated heterocycles. The number of carbonyl (C=O) groups is 2. The average Bonchev–Trinajstić information content (AvgIpc) is 3.52. The first-order valence-electron chi connectivity index (χ1n) is 11.5. The summed E-state index contributed by atoms with van der Waals surface area (Å²) < 4.78 is 0. The fraction of sp³-hybridized carbons (Fsp3) is 0.259. The van der Waals surface area contributed by atoms with Gasteiger partial charge in [0.1, 0.15) is 5.54 Å². The molecule has 3 heterocycles. The molecule has 1 spiro atoms. The number of Topliss-reactive ketones (excluding diaryl/α,β-unsaturated/α-hetero) is 1.